The lowest BCUT2D eigenvalue weighted by Crippen LogP contribution is -2.39. The van der Waals surface area contributed by atoms with Gasteiger partial charge in [0.2, 0.25) is 5.91 Å². The van der Waals surface area contributed by atoms with E-state index in [9.17, 15) is 18.0 Å². The molecule has 1 amide bonds. The highest BCUT2D eigenvalue weighted by atomic mass is 32.1. The number of carbonyl (C=O) groups is 1. The van der Waals surface area contributed by atoms with Gasteiger partial charge in [-0.25, -0.2) is 22.8 Å². The second-order valence-corrected chi connectivity index (χ2v) is 10.5. The fraction of sp³-hybridized carbons (Fsp3) is 0.696. The third-order valence-electron chi connectivity index (χ3n) is 6.48. The second-order valence-electron chi connectivity index (χ2n) is 9.49. The average molecular weight is 500 g/mol. The molecular formula is C23H32F3N5O2S. The number of ether oxygens (including phenoxy) is 1. The van der Waals surface area contributed by atoms with E-state index in [1.54, 1.807) is 6.20 Å². The van der Waals surface area contributed by atoms with Crippen molar-refractivity contribution < 1.29 is 22.7 Å². The number of nitrogens with one attached hydrogen (secondary N) is 1. The van der Waals surface area contributed by atoms with E-state index < -0.39 is 19.3 Å². The summed E-state index contributed by atoms with van der Waals surface area (Å²) in [5, 5.41) is 7.30. The van der Waals surface area contributed by atoms with Crippen molar-refractivity contribution in [3.8, 4) is 5.19 Å². The molecule has 1 aliphatic carbocycles. The molecule has 7 nitrogen and oxygen atoms in total. The van der Waals surface area contributed by atoms with E-state index in [2.05, 4.69) is 20.3 Å². The molecule has 0 saturated heterocycles. The van der Waals surface area contributed by atoms with Crippen LogP contribution in [-0.4, -0.2) is 57.2 Å². The molecule has 1 aliphatic heterocycles. The maximum atomic E-state index is 13.0. The van der Waals surface area contributed by atoms with Gasteiger partial charge in [0.15, 0.2) is 13.4 Å². The molecule has 0 unspecified atom stereocenters. The maximum absolute atomic E-state index is 13.0. The number of nitrogens with zero attached hydrogens (tertiary/aromatic N) is 4. The summed E-state index contributed by atoms with van der Waals surface area (Å²) in [4.78, 5) is 20.2. The van der Waals surface area contributed by atoms with Crippen LogP contribution in [0.4, 0.5) is 13.2 Å². The molecule has 2 aromatic rings. The van der Waals surface area contributed by atoms with Crippen molar-refractivity contribution in [2.24, 2.45) is 5.92 Å². The molecule has 1 fully saturated rings. The molecule has 2 aliphatic rings. The minimum atomic E-state index is -2.86. The normalized spacial score (nSPS) is 21.3. The Morgan fingerprint density at radius 2 is 2.12 bits per heavy atom. The predicted octanol–water partition coefficient (Wildman–Crippen LogP) is 3.97. The number of fused-ring (bicyclic) bond motifs is 1. The zero-order chi connectivity index (χ0) is 24.1. The van der Waals surface area contributed by atoms with Crippen molar-refractivity contribution in [3.05, 3.63) is 28.5 Å². The Hall–Kier alpha value is -2.14. The first kappa shape index (κ1) is 25.0. The molecule has 0 bridgehead atoms. The van der Waals surface area contributed by atoms with Gasteiger partial charge < -0.3 is 10.1 Å². The predicted molar refractivity (Wildman–Crippen MR) is 123 cm³/mol. The summed E-state index contributed by atoms with van der Waals surface area (Å²) in [5.41, 5.74) is 1.67. The number of halogens is 3. The second kappa shape index (κ2) is 11.1. The highest BCUT2D eigenvalue weighted by Gasteiger charge is 2.27. The van der Waals surface area contributed by atoms with E-state index in [0.29, 0.717) is 11.1 Å². The minimum Gasteiger partial charge on any atom is -0.464 e. The topological polar surface area (TPSA) is 72.3 Å². The number of amides is 1. The summed E-state index contributed by atoms with van der Waals surface area (Å²) < 4.78 is 45.0. The van der Waals surface area contributed by atoms with E-state index in [4.69, 9.17) is 4.74 Å². The van der Waals surface area contributed by atoms with Crippen LogP contribution in [0.15, 0.2) is 12.4 Å². The van der Waals surface area contributed by atoms with Crippen LogP contribution in [0.1, 0.15) is 55.2 Å². The molecule has 2 aromatic heterocycles. The number of alkyl halides is 3. The Morgan fingerprint density at radius 1 is 1.32 bits per heavy atom. The Balaban J connectivity index is 1.14. The average Bonchev–Trinajstić information content (AvgIpc) is 3.42. The van der Waals surface area contributed by atoms with Crippen molar-refractivity contribution >= 4 is 17.2 Å². The summed E-state index contributed by atoms with van der Waals surface area (Å²) in [6.07, 6.45) is 9.41. The lowest BCUT2D eigenvalue weighted by atomic mass is 9.84. The Bertz CT molecular complexity index is 953. The summed E-state index contributed by atoms with van der Waals surface area (Å²) in [6.45, 7) is 2.18. The third-order valence-corrected chi connectivity index (χ3v) is 7.55. The number of rotatable bonds is 10. The lowest BCUT2D eigenvalue weighted by Gasteiger charge is -2.32. The molecular weight excluding hydrogens is 467 g/mol. The standard InChI is InChI=1S/C23H32F3N5O2S/c1-23(25,26)14-33-22-29-19-13-30(9-7-20(19)34-22)8-6-16-2-4-18(5-3-16)28-21(32)10-17-11-27-31(12-17)15-24/h11-12,16,18H,2-10,13-15H2,1H3,(H,28,32)/t16-,18-. The summed E-state index contributed by atoms with van der Waals surface area (Å²) in [5.74, 6) is -2.26. The van der Waals surface area contributed by atoms with Gasteiger partial charge in [-0.3, -0.25) is 9.69 Å². The van der Waals surface area contributed by atoms with Gasteiger partial charge in [0.1, 0.15) is 0 Å². The van der Waals surface area contributed by atoms with E-state index >= 15 is 0 Å². The Morgan fingerprint density at radius 3 is 2.82 bits per heavy atom. The molecule has 0 spiro atoms. The van der Waals surface area contributed by atoms with E-state index in [-0.39, 0.29) is 18.4 Å². The van der Waals surface area contributed by atoms with Crippen LogP contribution in [0.25, 0.3) is 0 Å². The van der Waals surface area contributed by atoms with Gasteiger partial charge in [0, 0.05) is 37.1 Å². The molecule has 3 heterocycles. The third kappa shape index (κ3) is 7.18. The van der Waals surface area contributed by atoms with Crippen molar-refractivity contribution in [3.63, 3.8) is 0 Å². The van der Waals surface area contributed by atoms with Crippen LogP contribution in [-0.2, 0) is 31.0 Å². The molecule has 1 saturated carbocycles. The van der Waals surface area contributed by atoms with Crippen molar-refractivity contribution in [2.45, 2.75) is 77.2 Å². The fourth-order valence-electron chi connectivity index (χ4n) is 4.66. The molecule has 4 rings (SSSR count). The van der Waals surface area contributed by atoms with E-state index in [1.165, 1.54) is 22.2 Å². The first-order chi connectivity index (χ1) is 16.3. The number of thiazole rings is 1. The largest absolute Gasteiger partial charge is 0.464 e. The van der Waals surface area contributed by atoms with Gasteiger partial charge in [-0.15, -0.1) is 0 Å². The van der Waals surface area contributed by atoms with Crippen LogP contribution in [0, 0.1) is 5.92 Å². The van der Waals surface area contributed by atoms with E-state index in [1.807, 2.05) is 0 Å². The van der Waals surface area contributed by atoms with Crippen LogP contribution in [0.5, 0.6) is 5.19 Å². The number of hydrogen-bond acceptors (Lipinski definition) is 6. The fourth-order valence-corrected chi connectivity index (χ4v) is 5.56. The first-order valence-electron chi connectivity index (χ1n) is 11.9. The van der Waals surface area contributed by atoms with Gasteiger partial charge in [0.05, 0.1) is 18.3 Å². The molecule has 0 atom stereocenters. The molecule has 34 heavy (non-hydrogen) atoms. The van der Waals surface area contributed by atoms with Crippen LogP contribution in [0.2, 0.25) is 0 Å². The smallest absolute Gasteiger partial charge is 0.278 e. The Kier molecular flexibility index (Phi) is 8.13. The lowest BCUT2D eigenvalue weighted by molar-refractivity contribution is -0.121. The molecule has 188 valence electrons. The van der Waals surface area contributed by atoms with Crippen molar-refractivity contribution in [2.75, 3.05) is 19.7 Å². The highest BCUT2D eigenvalue weighted by Crippen LogP contribution is 2.32. The first-order valence-corrected chi connectivity index (χ1v) is 12.7. The highest BCUT2D eigenvalue weighted by molar-refractivity contribution is 7.13. The molecule has 0 aromatic carbocycles. The zero-order valence-electron chi connectivity index (χ0n) is 19.4. The van der Waals surface area contributed by atoms with Gasteiger partial charge >= 0.3 is 0 Å². The van der Waals surface area contributed by atoms with Crippen LogP contribution in [0.3, 0.4) is 0 Å². The van der Waals surface area contributed by atoms with Gasteiger partial charge in [-0.2, -0.15) is 5.10 Å². The number of carbonyl (C=O) groups excluding carboxylic acids is 1. The van der Waals surface area contributed by atoms with Gasteiger partial charge in [0.25, 0.3) is 11.1 Å². The summed E-state index contributed by atoms with van der Waals surface area (Å²) in [7, 11) is 0. The molecule has 11 heteroatoms. The van der Waals surface area contributed by atoms with Gasteiger partial charge in [-0.1, -0.05) is 11.3 Å². The zero-order valence-corrected chi connectivity index (χ0v) is 20.3. The summed E-state index contributed by atoms with van der Waals surface area (Å²) >= 11 is 1.38. The van der Waals surface area contributed by atoms with Gasteiger partial charge in [-0.05, 0) is 56.6 Å². The van der Waals surface area contributed by atoms with Crippen molar-refractivity contribution in [1.82, 2.24) is 25.0 Å². The molecule has 0 radical (unpaired) electrons. The summed E-state index contributed by atoms with van der Waals surface area (Å²) in [6, 6.07) is 0.196. The van der Waals surface area contributed by atoms with Crippen LogP contribution < -0.4 is 10.1 Å². The SMILES string of the molecule is CC(F)(F)COc1nc2c(s1)CCN(CC[C@H]1CC[C@H](NC(=O)Cc3cnn(CF)c3)CC1)C2. The van der Waals surface area contributed by atoms with Crippen molar-refractivity contribution in [1.29, 1.82) is 0 Å². The molecule has 1 N–H and O–H groups in total. The minimum absolute atomic E-state index is 0.0414. The van der Waals surface area contributed by atoms with Crippen LogP contribution >= 0.6 is 11.3 Å². The number of hydrogen-bond donors (Lipinski definition) is 1. The monoisotopic (exact) mass is 499 g/mol. The quantitative estimate of drug-likeness (QED) is 0.536. The van der Waals surface area contributed by atoms with E-state index in [0.717, 1.165) is 81.2 Å². The Labute approximate surface area is 201 Å². The number of aromatic nitrogens is 3. The maximum Gasteiger partial charge on any atom is 0.278 e.